The van der Waals surface area contributed by atoms with Crippen LogP contribution in [-0.2, 0) is 0 Å². The second-order valence-electron chi connectivity index (χ2n) is 4.64. The van der Waals surface area contributed by atoms with Crippen molar-refractivity contribution >= 4 is 11.4 Å². The normalized spacial score (nSPS) is 12.5. The van der Waals surface area contributed by atoms with Crippen LogP contribution in [0.25, 0.3) is 5.70 Å². The van der Waals surface area contributed by atoms with E-state index in [1.165, 1.54) is 11.1 Å². The van der Waals surface area contributed by atoms with Crippen LogP contribution in [0.3, 0.4) is 0 Å². The highest BCUT2D eigenvalue weighted by Crippen LogP contribution is 2.19. The Balaban J connectivity index is 2.40. The second kappa shape index (κ2) is 7.44. The summed E-state index contributed by atoms with van der Waals surface area (Å²) in [4.78, 5) is 4.90. The monoisotopic (exact) mass is 263 g/mol. The fourth-order valence-electron chi connectivity index (χ4n) is 2.15. The van der Waals surface area contributed by atoms with Gasteiger partial charge in [0.2, 0.25) is 0 Å². The Bertz CT molecular complexity index is 580. The maximum absolute atomic E-state index is 4.90. The molecule has 1 nitrogen and oxygen atoms in total. The fraction of sp³-hybridized carbons (Fsp3) is 0.211. The van der Waals surface area contributed by atoms with E-state index >= 15 is 0 Å². The van der Waals surface area contributed by atoms with Gasteiger partial charge in [0, 0.05) is 5.71 Å². The van der Waals surface area contributed by atoms with Crippen molar-refractivity contribution in [2.45, 2.75) is 26.7 Å². The molecule has 0 fully saturated rings. The molecule has 0 radical (unpaired) electrons. The molecule has 0 amide bonds. The first kappa shape index (κ1) is 14.3. The maximum atomic E-state index is 4.90. The lowest BCUT2D eigenvalue weighted by Gasteiger charge is -2.07. The van der Waals surface area contributed by atoms with Crippen LogP contribution >= 0.6 is 0 Å². The molecule has 0 unspecified atom stereocenters. The second-order valence-corrected chi connectivity index (χ2v) is 4.64. The maximum Gasteiger partial charge on any atom is 0.0665 e. The zero-order valence-electron chi connectivity index (χ0n) is 12.2. The van der Waals surface area contributed by atoms with Gasteiger partial charge in [-0.2, -0.15) is 0 Å². The molecule has 0 saturated heterocycles. The van der Waals surface area contributed by atoms with Crippen molar-refractivity contribution in [1.29, 1.82) is 0 Å². The van der Waals surface area contributed by atoms with Crippen LogP contribution in [0.1, 0.15) is 37.8 Å². The van der Waals surface area contributed by atoms with Gasteiger partial charge < -0.3 is 0 Å². The molecule has 0 aromatic heterocycles. The van der Waals surface area contributed by atoms with Crippen molar-refractivity contribution in [3.8, 4) is 0 Å². The third kappa shape index (κ3) is 3.67. The Morgan fingerprint density at radius 2 is 1.40 bits per heavy atom. The van der Waals surface area contributed by atoms with Crippen LogP contribution in [0.5, 0.6) is 0 Å². The quantitative estimate of drug-likeness (QED) is 0.646. The van der Waals surface area contributed by atoms with Gasteiger partial charge in [-0.25, -0.2) is 0 Å². The number of benzene rings is 2. The molecule has 0 atom stereocenters. The third-order valence-electron chi connectivity index (χ3n) is 3.16. The highest BCUT2D eigenvalue weighted by atomic mass is 14.8. The summed E-state index contributed by atoms with van der Waals surface area (Å²) >= 11 is 0. The lowest BCUT2D eigenvalue weighted by atomic mass is 10.1. The Morgan fingerprint density at radius 3 is 1.90 bits per heavy atom. The molecule has 0 aliphatic rings. The molecule has 2 aromatic rings. The molecular weight excluding hydrogens is 242 g/mol. The fourth-order valence-corrected chi connectivity index (χ4v) is 2.15. The molecule has 0 heterocycles. The average molecular weight is 263 g/mol. The molecule has 0 saturated carbocycles. The van der Waals surface area contributed by atoms with Gasteiger partial charge in [0.05, 0.1) is 5.70 Å². The summed E-state index contributed by atoms with van der Waals surface area (Å²) in [6, 6.07) is 20.8. The molecule has 20 heavy (non-hydrogen) atoms. The lowest BCUT2D eigenvalue weighted by molar-refractivity contribution is 1.21. The minimum atomic E-state index is 0.928. The van der Waals surface area contributed by atoms with Gasteiger partial charge in [0.1, 0.15) is 0 Å². The molecule has 2 rings (SSSR count). The van der Waals surface area contributed by atoms with E-state index in [9.17, 15) is 0 Å². The van der Waals surface area contributed by atoms with Crippen LogP contribution < -0.4 is 0 Å². The highest BCUT2D eigenvalue weighted by molar-refractivity contribution is 6.03. The van der Waals surface area contributed by atoms with Gasteiger partial charge in [-0.1, -0.05) is 80.6 Å². The van der Waals surface area contributed by atoms with Crippen LogP contribution in [-0.4, -0.2) is 5.71 Å². The summed E-state index contributed by atoms with van der Waals surface area (Å²) in [6.45, 7) is 4.30. The number of hydrogen-bond donors (Lipinski definition) is 0. The van der Waals surface area contributed by atoms with Crippen molar-refractivity contribution in [1.82, 2.24) is 0 Å². The molecule has 0 bridgehead atoms. The van der Waals surface area contributed by atoms with Crippen molar-refractivity contribution < 1.29 is 0 Å². The summed E-state index contributed by atoms with van der Waals surface area (Å²) in [5, 5.41) is 0. The van der Waals surface area contributed by atoms with Gasteiger partial charge in [0.25, 0.3) is 0 Å². The Morgan fingerprint density at radius 1 is 0.850 bits per heavy atom. The van der Waals surface area contributed by atoms with Gasteiger partial charge >= 0.3 is 0 Å². The molecule has 0 N–H and O–H groups in total. The first-order valence-electron chi connectivity index (χ1n) is 7.23. The zero-order valence-corrected chi connectivity index (χ0v) is 12.2. The lowest BCUT2D eigenvalue weighted by Crippen LogP contribution is -1.99. The summed E-state index contributed by atoms with van der Waals surface area (Å²) < 4.78 is 0. The van der Waals surface area contributed by atoms with E-state index in [4.69, 9.17) is 4.99 Å². The minimum Gasteiger partial charge on any atom is -0.253 e. The standard InChI is InChI=1S/C19H21N/c1-3-11-19(17-14-9-6-10-15-17)20-18(4-2)16-12-7-5-8-13-16/h5-15H,3-4H2,1-2H3/b19-11+,20-18?. The highest BCUT2D eigenvalue weighted by Gasteiger charge is 2.04. The number of rotatable bonds is 5. The summed E-state index contributed by atoms with van der Waals surface area (Å²) in [5.74, 6) is 0. The number of allylic oxidation sites excluding steroid dienone is 1. The number of hydrogen-bond acceptors (Lipinski definition) is 1. The van der Waals surface area contributed by atoms with E-state index < -0.39 is 0 Å². The molecule has 0 aliphatic heterocycles. The van der Waals surface area contributed by atoms with Crippen LogP contribution in [0, 0.1) is 0 Å². The van der Waals surface area contributed by atoms with E-state index in [2.05, 4.69) is 68.5 Å². The summed E-state index contributed by atoms with van der Waals surface area (Å²) in [7, 11) is 0. The van der Waals surface area contributed by atoms with Gasteiger partial charge in [-0.15, -0.1) is 0 Å². The van der Waals surface area contributed by atoms with Crippen LogP contribution in [0.15, 0.2) is 71.7 Å². The summed E-state index contributed by atoms with van der Waals surface area (Å²) in [6.07, 6.45) is 4.10. The topological polar surface area (TPSA) is 12.4 Å². The van der Waals surface area contributed by atoms with Gasteiger partial charge in [-0.3, -0.25) is 4.99 Å². The molecular formula is C19H21N. The van der Waals surface area contributed by atoms with Gasteiger partial charge in [-0.05, 0) is 24.0 Å². The van der Waals surface area contributed by atoms with E-state index in [-0.39, 0.29) is 0 Å². The smallest absolute Gasteiger partial charge is 0.0665 e. The SMILES string of the molecule is CC/C=C(/N=C(CC)c1ccccc1)c1ccccc1. The Hall–Kier alpha value is -2.15. The predicted octanol–water partition coefficient (Wildman–Crippen LogP) is 5.34. The minimum absolute atomic E-state index is 0.928. The molecule has 1 heteroatoms. The van der Waals surface area contributed by atoms with Crippen molar-refractivity contribution in [2.75, 3.05) is 0 Å². The van der Waals surface area contributed by atoms with Gasteiger partial charge in [0.15, 0.2) is 0 Å². The largest absolute Gasteiger partial charge is 0.253 e. The predicted molar refractivity (Wildman–Crippen MR) is 88.0 cm³/mol. The molecule has 0 spiro atoms. The van der Waals surface area contributed by atoms with Crippen molar-refractivity contribution in [2.24, 2.45) is 4.99 Å². The van der Waals surface area contributed by atoms with E-state index in [0.29, 0.717) is 0 Å². The molecule has 0 aliphatic carbocycles. The van der Waals surface area contributed by atoms with Crippen LogP contribution in [0.4, 0.5) is 0 Å². The van der Waals surface area contributed by atoms with E-state index in [1.54, 1.807) is 0 Å². The molecule has 102 valence electrons. The van der Waals surface area contributed by atoms with Crippen LogP contribution in [0.2, 0.25) is 0 Å². The third-order valence-corrected chi connectivity index (χ3v) is 3.16. The Labute approximate surface area is 121 Å². The average Bonchev–Trinajstić information content (AvgIpc) is 2.53. The zero-order chi connectivity index (χ0) is 14.2. The van der Waals surface area contributed by atoms with Crippen molar-refractivity contribution in [3.63, 3.8) is 0 Å². The first-order chi connectivity index (χ1) is 9.85. The summed E-state index contributed by atoms with van der Waals surface area (Å²) in [5.41, 5.74) is 4.58. The van der Waals surface area contributed by atoms with E-state index in [1.807, 2.05) is 12.1 Å². The van der Waals surface area contributed by atoms with Crippen molar-refractivity contribution in [3.05, 3.63) is 77.9 Å². The Kier molecular flexibility index (Phi) is 5.31. The number of aliphatic imine (C=N–C) groups is 1. The van der Waals surface area contributed by atoms with E-state index in [0.717, 1.165) is 24.3 Å². The number of nitrogens with zero attached hydrogens (tertiary/aromatic N) is 1. The molecule has 2 aromatic carbocycles. The first-order valence-corrected chi connectivity index (χ1v) is 7.23.